The topological polar surface area (TPSA) is 129 Å². The summed E-state index contributed by atoms with van der Waals surface area (Å²) >= 11 is 12.8. The summed E-state index contributed by atoms with van der Waals surface area (Å²) in [5.74, 6) is -2.22. The van der Waals surface area contributed by atoms with E-state index in [0.29, 0.717) is 28.4 Å². The molecule has 4 heterocycles. The molecule has 0 spiro atoms. The maximum absolute atomic E-state index is 10.4. The van der Waals surface area contributed by atoms with Crippen LogP contribution >= 0.6 is 23.2 Å². The van der Waals surface area contributed by atoms with E-state index in [4.69, 9.17) is 35.8 Å². The number of fused-ring (bicyclic) bond motifs is 1. The Labute approximate surface area is 213 Å². The van der Waals surface area contributed by atoms with Crippen LogP contribution in [0, 0.1) is 0 Å². The highest BCUT2D eigenvalue weighted by Crippen LogP contribution is 2.38. The van der Waals surface area contributed by atoms with Gasteiger partial charge in [0, 0.05) is 16.6 Å². The Balaban J connectivity index is 1.35. The first-order valence-electron chi connectivity index (χ1n) is 11.3. The number of benzene rings is 1. The maximum atomic E-state index is 10.4. The second-order valence-electron chi connectivity index (χ2n) is 9.35. The van der Waals surface area contributed by atoms with E-state index in [9.17, 15) is 15.3 Å². The number of aliphatic hydroxyl groups excluding tert-OH is 1. The van der Waals surface area contributed by atoms with Gasteiger partial charge in [-0.15, -0.1) is 0 Å². The van der Waals surface area contributed by atoms with E-state index in [1.165, 1.54) is 6.20 Å². The highest BCUT2D eigenvalue weighted by Gasteiger charge is 2.45. The van der Waals surface area contributed by atoms with E-state index in [1.807, 2.05) is 12.1 Å². The molecule has 13 heteroatoms. The molecule has 0 saturated carbocycles. The summed E-state index contributed by atoms with van der Waals surface area (Å²) in [5.41, 5.74) is 1.64. The van der Waals surface area contributed by atoms with Crippen LogP contribution < -0.4 is 5.32 Å². The quantitative estimate of drug-likeness (QED) is 0.295. The standard InChI is InChI=1S/C22H25BCl2N6O4/c1-21(11-35-10-18(21)32)30-4-2-12(3-5-30)14-7-16-13(6-15(14)24)8-26-20(28-16)29-17-9-27-31(19(17)25)22(23,33)34/h6-9,12,18,32-34H,2-5,10-11H2,1H3,(H,26,28,29)/t18?,21-/m1/s1. The molecule has 0 amide bonds. The lowest BCUT2D eigenvalue weighted by Crippen LogP contribution is -2.56. The number of nitrogens with one attached hydrogen (secondary N) is 1. The second kappa shape index (κ2) is 9.15. The fraction of sp³-hybridized carbons (Fsp3) is 0.500. The van der Waals surface area contributed by atoms with Gasteiger partial charge >= 0.3 is 0 Å². The van der Waals surface area contributed by atoms with Crippen LogP contribution in [-0.4, -0.2) is 85.8 Å². The van der Waals surface area contributed by atoms with Gasteiger partial charge in [-0.3, -0.25) is 4.90 Å². The van der Waals surface area contributed by atoms with E-state index in [2.05, 4.69) is 32.2 Å². The number of aliphatic hydroxyl groups is 3. The summed E-state index contributed by atoms with van der Waals surface area (Å²) in [7, 11) is 5.23. The lowest BCUT2D eigenvalue weighted by atomic mass is 9.85. The van der Waals surface area contributed by atoms with Gasteiger partial charge < -0.3 is 25.4 Å². The van der Waals surface area contributed by atoms with Gasteiger partial charge in [0.2, 0.25) is 11.8 Å². The van der Waals surface area contributed by atoms with E-state index in [0.717, 1.165) is 36.9 Å². The lowest BCUT2D eigenvalue weighted by molar-refractivity contribution is -0.159. The zero-order valence-electron chi connectivity index (χ0n) is 19.0. The van der Waals surface area contributed by atoms with Crippen molar-refractivity contribution in [2.75, 3.05) is 31.6 Å². The Morgan fingerprint density at radius 2 is 1.97 bits per heavy atom. The molecule has 2 aliphatic rings. The molecule has 4 N–H and O–H groups in total. The fourth-order valence-electron chi connectivity index (χ4n) is 4.86. The number of hydrogen-bond acceptors (Lipinski definition) is 9. The molecule has 2 radical (unpaired) electrons. The lowest BCUT2D eigenvalue weighted by Gasteiger charge is -2.43. The summed E-state index contributed by atoms with van der Waals surface area (Å²) < 4.78 is 6.16. The smallest absolute Gasteiger partial charge is 0.227 e. The molecule has 10 nitrogen and oxygen atoms in total. The summed E-state index contributed by atoms with van der Waals surface area (Å²) in [6.07, 6.45) is 4.26. The number of hydrogen-bond donors (Lipinski definition) is 4. The van der Waals surface area contributed by atoms with Crippen molar-refractivity contribution in [2.24, 2.45) is 0 Å². The molecule has 1 unspecified atom stereocenters. The number of ether oxygens (including phenoxy) is 1. The average molecular weight is 519 g/mol. The minimum absolute atomic E-state index is 0.115. The van der Waals surface area contributed by atoms with Crippen LogP contribution in [-0.2, 0) is 10.5 Å². The van der Waals surface area contributed by atoms with Crippen LogP contribution in [0.2, 0.25) is 10.2 Å². The molecule has 0 bridgehead atoms. The number of rotatable bonds is 5. The number of halogens is 2. The predicted octanol–water partition coefficient (Wildman–Crippen LogP) is 1.93. The highest BCUT2D eigenvalue weighted by molar-refractivity contribution is 6.33. The first kappa shape index (κ1) is 24.7. The van der Waals surface area contributed by atoms with Gasteiger partial charge in [-0.25, -0.2) is 14.6 Å². The summed E-state index contributed by atoms with van der Waals surface area (Å²) in [6, 6.07) is 3.85. The molecule has 0 aliphatic carbocycles. The molecule has 2 saturated heterocycles. The van der Waals surface area contributed by atoms with Crippen LogP contribution in [0.25, 0.3) is 10.9 Å². The molecule has 2 atom stereocenters. The van der Waals surface area contributed by atoms with Crippen LogP contribution in [0.5, 0.6) is 0 Å². The third-order valence-corrected chi connectivity index (χ3v) is 7.70. The molecule has 2 fully saturated rings. The van der Waals surface area contributed by atoms with Crippen molar-refractivity contribution in [1.82, 2.24) is 24.6 Å². The van der Waals surface area contributed by atoms with Crippen LogP contribution in [0.3, 0.4) is 0 Å². The van der Waals surface area contributed by atoms with Crippen molar-refractivity contribution in [2.45, 2.75) is 43.1 Å². The van der Waals surface area contributed by atoms with Gasteiger partial charge in [0.1, 0.15) is 0 Å². The van der Waals surface area contributed by atoms with Gasteiger partial charge in [0.15, 0.2) is 13.0 Å². The van der Waals surface area contributed by atoms with E-state index >= 15 is 0 Å². The SMILES string of the molecule is [B]C(O)(O)n1ncc(Nc2ncc3cc(Cl)c(C4CCN([C@]5(C)COCC5O)CC4)cc3n2)c1Cl. The minimum atomic E-state index is -2.73. The third-order valence-electron chi connectivity index (χ3n) is 7.01. The Kier molecular flexibility index (Phi) is 6.46. The molecular weight excluding hydrogens is 494 g/mol. The number of piperidine rings is 1. The zero-order valence-corrected chi connectivity index (χ0v) is 20.5. The van der Waals surface area contributed by atoms with Crippen molar-refractivity contribution >= 4 is 53.6 Å². The number of nitrogens with zero attached hydrogens (tertiary/aromatic N) is 5. The van der Waals surface area contributed by atoms with Crippen molar-refractivity contribution in [1.29, 1.82) is 0 Å². The Hall–Kier alpha value is -1.99. The van der Waals surface area contributed by atoms with Gasteiger partial charge in [-0.1, -0.05) is 23.2 Å². The summed E-state index contributed by atoms with van der Waals surface area (Å²) in [6.45, 7) is 4.65. The summed E-state index contributed by atoms with van der Waals surface area (Å²) in [4.78, 5) is 11.2. The van der Waals surface area contributed by atoms with E-state index in [-0.39, 0.29) is 28.2 Å². The van der Waals surface area contributed by atoms with Crippen molar-refractivity contribution in [3.8, 4) is 0 Å². The molecule has 3 aromatic rings. The zero-order chi connectivity index (χ0) is 25.0. The minimum Gasteiger partial charge on any atom is -0.389 e. The van der Waals surface area contributed by atoms with Gasteiger partial charge in [-0.2, -0.15) is 5.10 Å². The van der Waals surface area contributed by atoms with E-state index < -0.39 is 11.9 Å². The van der Waals surface area contributed by atoms with Crippen molar-refractivity contribution in [3.63, 3.8) is 0 Å². The van der Waals surface area contributed by atoms with Gasteiger partial charge in [-0.05, 0) is 56.5 Å². The molecule has 5 rings (SSSR count). The van der Waals surface area contributed by atoms with Crippen LogP contribution in [0.4, 0.5) is 11.6 Å². The highest BCUT2D eigenvalue weighted by atomic mass is 35.5. The number of likely N-dealkylation sites (tertiary alicyclic amines) is 1. The monoisotopic (exact) mass is 518 g/mol. The Morgan fingerprint density at radius 1 is 1.23 bits per heavy atom. The predicted molar refractivity (Wildman–Crippen MR) is 132 cm³/mol. The number of aromatic nitrogens is 4. The first-order valence-corrected chi connectivity index (χ1v) is 12.0. The molecule has 1 aromatic carbocycles. The first-order chi connectivity index (χ1) is 16.6. The average Bonchev–Trinajstić information content (AvgIpc) is 3.36. The van der Waals surface area contributed by atoms with Crippen molar-refractivity contribution in [3.05, 3.63) is 40.3 Å². The Bertz CT molecular complexity index is 1250. The van der Waals surface area contributed by atoms with Crippen LogP contribution in [0.1, 0.15) is 31.2 Å². The van der Waals surface area contributed by atoms with E-state index in [1.54, 1.807) is 6.20 Å². The third kappa shape index (κ3) is 4.62. The molecule has 2 aromatic heterocycles. The fourth-order valence-corrected chi connectivity index (χ4v) is 5.45. The largest absolute Gasteiger partial charge is 0.389 e. The molecular formula is C22H25BCl2N6O4. The molecule has 35 heavy (non-hydrogen) atoms. The van der Waals surface area contributed by atoms with Gasteiger partial charge in [0.25, 0.3) is 0 Å². The molecule has 184 valence electrons. The molecule has 2 aliphatic heterocycles. The maximum Gasteiger partial charge on any atom is 0.227 e. The van der Waals surface area contributed by atoms with Crippen LogP contribution in [0.15, 0.2) is 24.5 Å². The Morgan fingerprint density at radius 3 is 2.60 bits per heavy atom. The second-order valence-corrected chi connectivity index (χ2v) is 10.1. The summed E-state index contributed by atoms with van der Waals surface area (Å²) in [5, 5.41) is 37.5. The van der Waals surface area contributed by atoms with Gasteiger partial charge in [0.05, 0.1) is 42.3 Å². The number of anilines is 2. The van der Waals surface area contributed by atoms with Crippen molar-refractivity contribution < 1.29 is 20.1 Å². The normalized spacial score (nSPS) is 24.3.